The highest BCUT2D eigenvalue weighted by molar-refractivity contribution is 6.00. The Balaban J connectivity index is 2.46. The molecular formula is C19H20O7. The van der Waals surface area contributed by atoms with E-state index in [-0.39, 0.29) is 0 Å². The highest BCUT2D eigenvalue weighted by atomic mass is 16.5. The first-order chi connectivity index (χ1) is 14.1. The van der Waals surface area contributed by atoms with Gasteiger partial charge >= 0.3 is 0 Å². The van der Waals surface area contributed by atoms with Gasteiger partial charge in [-0.15, -0.1) is 0 Å². The number of carbonyl (C=O) groups is 2. The molecule has 26 heavy (non-hydrogen) atoms. The number of hydrogen-bond acceptors (Lipinski definition) is 7. The number of phenolic OH excluding ortho intramolecular Hbond substituents is 2. The Hall–Kier alpha value is -3.06. The lowest BCUT2D eigenvalue weighted by Gasteiger charge is -2.16. The minimum atomic E-state index is -3.76. The molecule has 2 aromatic carbocycles. The molecule has 2 aromatic rings. The van der Waals surface area contributed by atoms with Crippen LogP contribution in [0, 0.1) is 0 Å². The van der Waals surface area contributed by atoms with Crippen molar-refractivity contribution in [1.29, 1.82) is 0 Å². The van der Waals surface area contributed by atoms with Crippen molar-refractivity contribution in [2.45, 2.75) is 19.9 Å². The molecule has 0 amide bonds. The molecule has 0 aromatic heterocycles. The summed E-state index contributed by atoms with van der Waals surface area (Å²) in [5.41, 5.74) is -0.869. The van der Waals surface area contributed by atoms with Crippen molar-refractivity contribution in [3.63, 3.8) is 0 Å². The van der Waals surface area contributed by atoms with E-state index < -0.39 is 64.9 Å². The van der Waals surface area contributed by atoms with E-state index in [4.69, 9.17) is 16.3 Å². The quantitative estimate of drug-likeness (QED) is 0.615. The molecule has 7 heteroatoms. The van der Waals surface area contributed by atoms with Crippen LogP contribution in [0.25, 0.3) is 0 Å². The SMILES string of the molecule is [2H]C([2H])(Oc1cccc(O)c1C(C)=O)C([2H])(O)C([2H])([2H])Oc1cccc(O)c1C(C)=O. The number of carbonyl (C=O) groups excluding carboxylic acids is 2. The Morgan fingerprint density at radius 2 is 1.35 bits per heavy atom. The van der Waals surface area contributed by atoms with Crippen LogP contribution >= 0.6 is 0 Å². The fourth-order valence-corrected chi connectivity index (χ4v) is 2.14. The average Bonchev–Trinajstić information content (AvgIpc) is 2.60. The lowest BCUT2D eigenvalue weighted by molar-refractivity contribution is 0.0613. The molecule has 0 unspecified atom stereocenters. The van der Waals surface area contributed by atoms with Crippen molar-refractivity contribution in [2.24, 2.45) is 0 Å². The summed E-state index contributed by atoms with van der Waals surface area (Å²) < 4.78 is 49.7. The summed E-state index contributed by atoms with van der Waals surface area (Å²) in [5, 5.41) is 30.1. The van der Waals surface area contributed by atoms with Gasteiger partial charge in [-0.25, -0.2) is 0 Å². The molecule has 0 aliphatic carbocycles. The van der Waals surface area contributed by atoms with Gasteiger partial charge in [0.25, 0.3) is 0 Å². The van der Waals surface area contributed by atoms with E-state index in [1.807, 2.05) is 0 Å². The normalized spacial score (nSPS) is 15.0. The van der Waals surface area contributed by atoms with E-state index in [0.29, 0.717) is 0 Å². The molecular weight excluding hydrogens is 340 g/mol. The monoisotopic (exact) mass is 365 g/mol. The third kappa shape index (κ3) is 4.52. The molecule has 3 N–H and O–H groups in total. The summed E-state index contributed by atoms with van der Waals surface area (Å²) in [7, 11) is 0. The van der Waals surface area contributed by atoms with Gasteiger partial charge in [0, 0.05) is 0 Å². The maximum atomic E-state index is 11.8. The maximum Gasteiger partial charge on any atom is 0.167 e. The van der Waals surface area contributed by atoms with Crippen LogP contribution < -0.4 is 9.47 Å². The van der Waals surface area contributed by atoms with E-state index in [2.05, 4.69) is 0 Å². The van der Waals surface area contributed by atoms with Crippen LogP contribution in [0.2, 0.25) is 0 Å². The molecule has 0 saturated carbocycles. The molecule has 0 saturated heterocycles. The summed E-state index contributed by atoms with van der Waals surface area (Å²) in [6.45, 7) is -4.92. The second-order valence-corrected chi connectivity index (χ2v) is 5.17. The van der Waals surface area contributed by atoms with Crippen LogP contribution in [-0.2, 0) is 0 Å². The Kier molecular flexibility index (Phi) is 4.24. The number of rotatable bonds is 8. The average molecular weight is 365 g/mol. The van der Waals surface area contributed by atoms with Gasteiger partial charge in [-0.05, 0) is 38.1 Å². The van der Waals surface area contributed by atoms with Gasteiger partial charge in [-0.2, -0.15) is 0 Å². The van der Waals surface area contributed by atoms with Gasteiger partial charge in [0.05, 0.1) is 6.85 Å². The van der Waals surface area contributed by atoms with E-state index >= 15 is 0 Å². The Bertz CT molecular complexity index is 941. The van der Waals surface area contributed by atoms with Crippen LogP contribution in [0.4, 0.5) is 0 Å². The van der Waals surface area contributed by atoms with Crippen LogP contribution in [0.5, 0.6) is 23.0 Å². The van der Waals surface area contributed by atoms with Gasteiger partial charge in [0.1, 0.15) is 53.3 Å². The summed E-state index contributed by atoms with van der Waals surface area (Å²) in [4.78, 5) is 23.5. The molecule has 7 nitrogen and oxygen atoms in total. The third-order valence-electron chi connectivity index (χ3n) is 3.23. The Morgan fingerprint density at radius 1 is 0.962 bits per heavy atom. The standard InChI is InChI=1S/C19H20O7/c1-11(20)18-14(23)5-3-7-16(18)25-9-13(22)10-26-17-8-4-6-15(24)19(17)12(2)21/h3-8,13,22-24H,9-10H2,1-2H3/i9D2,10D2,13D. The minimum Gasteiger partial charge on any atom is -0.507 e. The molecule has 0 aliphatic rings. The van der Waals surface area contributed by atoms with Gasteiger partial charge in [-0.3, -0.25) is 9.59 Å². The number of aliphatic hydroxyl groups is 1. The number of hydrogen-bond donors (Lipinski definition) is 3. The van der Waals surface area contributed by atoms with Crippen molar-refractivity contribution in [3.8, 4) is 23.0 Å². The zero-order valence-corrected chi connectivity index (χ0v) is 13.9. The van der Waals surface area contributed by atoms with Crippen LogP contribution in [0.1, 0.15) is 41.4 Å². The number of Topliss-reactive ketones (excluding diaryl/α,β-unsaturated/α-hetero) is 2. The zero-order valence-electron chi connectivity index (χ0n) is 18.9. The Labute approximate surface area is 157 Å². The summed E-state index contributed by atoms with van der Waals surface area (Å²) in [6, 6.07) is 6.88. The second kappa shape index (κ2) is 8.35. The molecule has 138 valence electrons. The highest BCUT2D eigenvalue weighted by Crippen LogP contribution is 2.29. The third-order valence-corrected chi connectivity index (χ3v) is 3.23. The molecule has 0 spiro atoms. The van der Waals surface area contributed by atoms with Gasteiger partial charge in [-0.1, -0.05) is 12.1 Å². The van der Waals surface area contributed by atoms with Crippen LogP contribution in [0.15, 0.2) is 36.4 Å². The maximum absolute atomic E-state index is 11.8. The topological polar surface area (TPSA) is 113 Å². The van der Waals surface area contributed by atoms with E-state index in [0.717, 1.165) is 38.1 Å². The van der Waals surface area contributed by atoms with Crippen molar-refractivity contribution < 1.29 is 41.2 Å². The lowest BCUT2D eigenvalue weighted by atomic mass is 10.1. The largest absolute Gasteiger partial charge is 0.507 e. The number of ether oxygens (including phenoxy) is 2. The van der Waals surface area contributed by atoms with Gasteiger partial charge in [0.2, 0.25) is 0 Å². The first-order valence-electron chi connectivity index (χ1n) is 9.88. The predicted molar refractivity (Wildman–Crippen MR) is 93.2 cm³/mol. The molecule has 2 rings (SSSR count). The number of benzene rings is 2. The van der Waals surface area contributed by atoms with Crippen molar-refractivity contribution in [2.75, 3.05) is 13.1 Å². The molecule has 0 bridgehead atoms. The van der Waals surface area contributed by atoms with E-state index in [1.165, 1.54) is 12.1 Å². The number of aromatic hydroxyl groups is 2. The van der Waals surface area contributed by atoms with E-state index in [1.54, 1.807) is 0 Å². The van der Waals surface area contributed by atoms with Crippen molar-refractivity contribution >= 4 is 11.6 Å². The summed E-state index contributed by atoms with van der Waals surface area (Å²) >= 11 is 0. The summed E-state index contributed by atoms with van der Waals surface area (Å²) in [6.07, 6.45) is -3.76. The molecule has 0 radical (unpaired) electrons. The Morgan fingerprint density at radius 3 is 1.69 bits per heavy atom. The van der Waals surface area contributed by atoms with Crippen LogP contribution in [-0.4, -0.2) is 46.1 Å². The lowest BCUT2D eigenvalue weighted by Crippen LogP contribution is -2.25. The second-order valence-electron chi connectivity index (χ2n) is 5.17. The molecule has 0 atom stereocenters. The molecule has 0 aliphatic heterocycles. The summed E-state index contributed by atoms with van der Waals surface area (Å²) in [5.74, 6) is -3.58. The smallest absolute Gasteiger partial charge is 0.167 e. The molecule has 0 fully saturated rings. The fourth-order valence-electron chi connectivity index (χ4n) is 2.14. The van der Waals surface area contributed by atoms with Gasteiger partial charge < -0.3 is 24.8 Å². The van der Waals surface area contributed by atoms with Gasteiger partial charge in [0.15, 0.2) is 11.6 Å². The zero-order chi connectivity index (χ0) is 23.8. The first-order valence-corrected chi connectivity index (χ1v) is 7.38. The van der Waals surface area contributed by atoms with Crippen LogP contribution in [0.3, 0.4) is 0 Å². The number of phenols is 2. The predicted octanol–water partition coefficient (Wildman–Crippen LogP) is 2.32. The fraction of sp³-hybridized carbons (Fsp3) is 0.263. The molecule has 0 heterocycles. The number of ketones is 2. The van der Waals surface area contributed by atoms with Crippen molar-refractivity contribution in [3.05, 3.63) is 47.5 Å². The minimum absolute atomic E-state index is 0.435. The first kappa shape index (κ1) is 13.2. The van der Waals surface area contributed by atoms with E-state index in [9.17, 15) is 24.9 Å². The highest BCUT2D eigenvalue weighted by Gasteiger charge is 2.17. The van der Waals surface area contributed by atoms with Crippen molar-refractivity contribution in [1.82, 2.24) is 0 Å².